The highest BCUT2D eigenvalue weighted by molar-refractivity contribution is 5.74. The van der Waals surface area contributed by atoms with Gasteiger partial charge < -0.3 is 14.6 Å². The predicted octanol–water partition coefficient (Wildman–Crippen LogP) is 2.57. The zero-order chi connectivity index (χ0) is 15.0. The van der Waals surface area contributed by atoms with E-state index in [-0.39, 0.29) is 17.8 Å². The number of rotatable bonds is 3. The number of halogens is 2. The summed E-state index contributed by atoms with van der Waals surface area (Å²) in [6.07, 6.45) is -1.39. The summed E-state index contributed by atoms with van der Waals surface area (Å²) in [5, 5.41) is 9.23. The van der Waals surface area contributed by atoms with Crippen molar-refractivity contribution in [1.29, 1.82) is 0 Å². The summed E-state index contributed by atoms with van der Waals surface area (Å²) in [5.41, 5.74) is 0.315. The molecule has 1 aliphatic heterocycles. The maximum atomic E-state index is 13.8. The van der Waals surface area contributed by atoms with Gasteiger partial charge in [0.2, 0.25) is 5.82 Å². The van der Waals surface area contributed by atoms with Crippen molar-refractivity contribution < 1.29 is 28.2 Å². The van der Waals surface area contributed by atoms with Crippen LogP contribution in [0.5, 0.6) is 5.75 Å². The molecule has 0 aliphatic carbocycles. The smallest absolute Gasteiger partial charge is 0.333 e. The number of methoxy groups -OCH3 is 1. The van der Waals surface area contributed by atoms with E-state index in [1.165, 1.54) is 13.2 Å². The van der Waals surface area contributed by atoms with Gasteiger partial charge in [0, 0.05) is 11.5 Å². The van der Waals surface area contributed by atoms with E-state index in [9.17, 15) is 18.7 Å². The van der Waals surface area contributed by atoms with Crippen LogP contribution >= 0.6 is 0 Å². The average molecular weight is 286 g/mol. The summed E-state index contributed by atoms with van der Waals surface area (Å²) >= 11 is 0. The summed E-state index contributed by atoms with van der Waals surface area (Å²) in [6, 6.07) is 2.33. The van der Waals surface area contributed by atoms with Crippen LogP contribution in [0.2, 0.25) is 0 Å². The highest BCUT2D eigenvalue weighted by Gasteiger charge is 2.46. The quantitative estimate of drug-likeness (QED) is 0.928. The number of carboxylic acid groups (broad SMARTS) is 1. The molecule has 110 valence electrons. The molecule has 2 rings (SSSR count). The first-order valence-electron chi connectivity index (χ1n) is 6.28. The molecule has 0 radical (unpaired) electrons. The molecule has 0 spiro atoms. The van der Waals surface area contributed by atoms with Crippen molar-refractivity contribution in [2.75, 3.05) is 7.11 Å². The van der Waals surface area contributed by atoms with Gasteiger partial charge in [0.05, 0.1) is 13.2 Å². The number of aliphatic carboxylic acids is 1. The van der Waals surface area contributed by atoms with E-state index >= 15 is 0 Å². The Labute approximate surface area is 115 Å². The van der Waals surface area contributed by atoms with Crippen molar-refractivity contribution in [3.8, 4) is 5.75 Å². The van der Waals surface area contributed by atoms with E-state index in [4.69, 9.17) is 9.47 Å². The minimum atomic E-state index is -1.13. The van der Waals surface area contributed by atoms with Gasteiger partial charge in [0.25, 0.3) is 0 Å². The van der Waals surface area contributed by atoms with Gasteiger partial charge in [0.1, 0.15) is 0 Å². The molecule has 1 saturated heterocycles. The first-order valence-corrected chi connectivity index (χ1v) is 6.28. The van der Waals surface area contributed by atoms with Crippen LogP contribution in [0.25, 0.3) is 0 Å². The Kier molecular flexibility index (Phi) is 3.94. The molecule has 1 aromatic rings. The van der Waals surface area contributed by atoms with E-state index in [0.29, 0.717) is 5.56 Å². The minimum Gasteiger partial charge on any atom is -0.493 e. The highest BCUT2D eigenvalue weighted by atomic mass is 19.2. The van der Waals surface area contributed by atoms with Crippen LogP contribution in [-0.4, -0.2) is 30.4 Å². The summed E-state index contributed by atoms with van der Waals surface area (Å²) < 4.78 is 37.4. The van der Waals surface area contributed by atoms with Gasteiger partial charge in [-0.3, -0.25) is 0 Å². The number of benzene rings is 1. The van der Waals surface area contributed by atoms with E-state index in [2.05, 4.69) is 0 Å². The molecule has 0 aromatic heterocycles. The topological polar surface area (TPSA) is 55.8 Å². The summed E-state index contributed by atoms with van der Waals surface area (Å²) in [6.45, 7) is 3.58. The molecule has 4 atom stereocenters. The van der Waals surface area contributed by atoms with Crippen molar-refractivity contribution in [2.45, 2.75) is 32.0 Å². The van der Waals surface area contributed by atoms with Crippen LogP contribution < -0.4 is 4.74 Å². The first-order chi connectivity index (χ1) is 9.38. The monoisotopic (exact) mass is 286 g/mol. The molecular formula is C14H16F2O4. The largest absolute Gasteiger partial charge is 0.493 e. The Bertz CT molecular complexity index is 532. The van der Waals surface area contributed by atoms with Gasteiger partial charge in [-0.2, -0.15) is 4.39 Å². The molecule has 1 aliphatic rings. The Morgan fingerprint density at radius 3 is 2.55 bits per heavy atom. The number of hydrogen-bond donors (Lipinski definition) is 1. The molecule has 20 heavy (non-hydrogen) atoms. The fraction of sp³-hybridized carbons (Fsp3) is 0.500. The average Bonchev–Trinajstić information content (AvgIpc) is 2.69. The molecular weight excluding hydrogens is 270 g/mol. The lowest BCUT2D eigenvalue weighted by Gasteiger charge is -2.21. The molecule has 6 heteroatoms. The van der Waals surface area contributed by atoms with Crippen LogP contribution in [0, 0.1) is 17.6 Å². The van der Waals surface area contributed by atoms with Crippen molar-refractivity contribution in [3.05, 3.63) is 29.3 Å². The molecule has 3 unspecified atom stereocenters. The molecule has 1 aromatic carbocycles. The fourth-order valence-electron chi connectivity index (χ4n) is 2.68. The standard InChI is InChI=1S/C14H16F2O4/c1-6-7(2)20-13(14(17)18)10(6)8-4-5-9(15)11(16)12(8)19-3/h4-7,10,13H,1-3H3,(H,17,18)/t6?,7?,10?,13-/m0/s1. The second kappa shape index (κ2) is 5.36. The number of carbonyl (C=O) groups is 1. The van der Waals surface area contributed by atoms with Crippen LogP contribution in [0.1, 0.15) is 25.3 Å². The van der Waals surface area contributed by atoms with Crippen LogP contribution in [0.4, 0.5) is 8.78 Å². The third-order valence-electron chi connectivity index (χ3n) is 3.88. The fourth-order valence-corrected chi connectivity index (χ4v) is 2.68. The zero-order valence-corrected chi connectivity index (χ0v) is 11.4. The molecule has 4 nitrogen and oxygen atoms in total. The molecule has 1 fully saturated rings. The Balaban J connectivity index is 2.54. The van der Waals surface area contributed by atoms with Crippen LogP contribution in [0.3, 0.4) is 0 Å². The highest BCUT2D eigenvalue weighted by Crippen LogP contribution is 2.44. The summed E-state index contributed by atoms with van der Waals surface area (Å²) in [4.78, 5) is 11.3. The van der Waals surface area contributed by atoms with Gasteiger partial charge in [-0.1, -0.05) is 13.0 Å². The molecule has 0 bridgehead atoms. The third kappa shape index (κ3) is 2.24. The second-order valence-corrected chi connectivity index (χ2v) is 4.97. The van der Waals surface area contributed by atoms with Gasteiger partial charge in [-0.25, -0.2) is 9.18 Å². The molecule has 1 N–H and O–H groups in total. The van der Waals surface area contributed by atoms with E-state index in [1.54, 1.807) is 6.92 Å². The molecule has 0 saturated carbocycles. The van der Waals surface area contributed by atoms with Crippen molar-refractivity contribution >= 4 is 5.97 Å². The third-order valence-corrected chi connectivity index (χ3v) is 3.88. The first kappa shape index (κ1) is 14.7. The zero-order valence-electron chi connectivity index (χ0n) is 11.4. The second-order valence-electron chi connectivity index (χ2n) is 4.97. The number of hydrogen-bond acceptors (Lipinski definition) is 3. The lowest BCUT2D eigenvalue weighted by Crippen LogP contribution is -2.27. The number of ether oxygens (including phenoxy) is 2. The predicted molar refractivity (Wildman–Crippen MR) is 66.8 cm³/mol. The molecule has 0 amide bonds. The summed E-state index contributed by atoms with van der Waals surface area (Å²) in [5.74, 6) is -4.27. The maximum absolute atomic E-state index is 13.8. The lowest BCUT2D eigenvalue weighted by atomic mass is 9.82. The Hall–Kier alpha value is -1.69. The maximum Gasteiger partial charge on any atom is 0.333 e. The van der Waals surface area contributed by atoms with Crippen LogP contribution in [0.15, 0.2) is 12.1 Å². The van der Waals surface area contributed by atoms with Crippen molar-refractivity contribution in [1.82, 2.24) is 0 Å². The normalized spacial score (nSPS) is 29.4. The van der Waals surface area contributed by atoms with E-state index in [0.717, 1.165) is 6.07 Å². The summed E-state index contributed by atoms with van der Waals surface area (Å²) in [7, 11) is 1.22. The van der Waals surface area contributed by atoms with Crippen LogP contribution in [-0.2, 0) is 9.53 Å². The van der Waals surface area contributed by atoms with Gasteiger partial charge >= 0.3 is 5.97 Å². The van der Waals surface area contributed by atoms with Crippen molar-refractivity contribution in [2.24, 2.45) is 5.92 Å². The van der Waals surface area contributed by atoms with E-state index < -0.39 is 29.6 Å². The van der Waals surface area contributed by atoms with Gasteiger partial charge in [-0.05, 0) is 18.9 Å². The van der Waals surface area contributed by atoms with E-state index in [1.807, 2.05) is 6.92 Å². The Morgan fingerprint density at radius 1 is 1.35 bits per heavy atom. The lowest BCUT2D eigenvalue weighted by molar-refractivity contribution is -0.149. The Morgan fingerprint density at radius 2 is 2.00 bits per heavy atom. The minimum absolute atomic E-state index is 0.158. The SMILES string of the molecule is COc1c(C2C(C)C(C)O[C@@H]2C(=O)O)ccc(F)c1F. The van der Waals surface area contributed by atoms with Gasteiger partial charge in [0.15, 0.2) is 17.7 Å². The van der Waals surface area contributed by atoms with Gasteiger partial charge in [-0.15, -0.1) is 0 Å². The van der Waals surface area contributed by atoms with Crippen molar-refractivity contribution in [3.63, 3.8) is 0 Å². The number of carboxylic acids is 1. The molecule has 1 heterocycles.